The number of allylic oxidation sites excluding steroid dienone is 3. The molecule has 0 bridgehead atoms. The zero-order chi connectivity index (χ0) is 24.5. The number of esters is 1. The minimum absolute atomic E-state index is 0.0591. The van der Waals surface area contributed by atoms with Crippen molar-refractivity contribution in [3.8, 4) is 11.5 Å². The molecule has 2 heterocycles. The summed E-state index contributed by atoms with van der Waals surface area (Å²) in [7, 11) is 0. The van der Waals surface area contributed by atoms with E-state index >= 15 is 0 Å². The van der Waals surface area contributed by atoms with Crippen LogP contribution in [0.25, 0.3) is 6.08 Å². The van der Waals surface area contributed by atoms with Gasteiger partial charge in [-0.2, -0.15) is 0 Å². The molecule has 0 radical (unpaired) electrons. The van der Waals surface area contributed by atoms with Gasteiger partial charge in [0.1, 0.15) is 23.2 Å². The van der Waals surface area contributed by atoms with Gasteiger partial charge in [-0.25, -0.2) is 4.79 Å². The second-order valence-electron chi connectivity index (χ2n) is 8.86. The first-order valence-corrected chi connectivity index (χ1v) is 11.8. The molecule has 8 nitrogen and oxygen atoms in total. The largest absolute Gasteiger partial charge is 0.508 e. The summed E-state index contributed by atoms with van der Waals surface area (Å²) in [5.41, 5.74) is 3.43. The Labute approximate surface area is 200 Å². The predicted molar refractivity (Wildman–Crippen MR) is 129 cm³/mol. The summed E-state index contributed by atoms with van der Waals surface area (Å²) in [5, 5.41) is 20.4. The van der Waals surface area contributed by atoms with E-state index in [2.05, 4.69) is 18.5 Å². The van der Waals surface area contributed by atoms with Gasteiger partial charge in [-0.3, -0.25) is 15.1 Å². The lowest BCUT2D eigenvalue weighted by atomic mass is 10.0. The molecular weight excluding hydrogens is 436 g/mol. The maximum absolute atomic E-state index is 12.8. The zero-order valence-electron chi connectivity index (χ0n) is 19.8. The van der Waals surface area contributed by atoms with Gasteiger partial charge in [-0.1, -0.05) is 25.2 Å². The Hall–Kier alpha value is -3.26. The molecule has 2 aliphatic heterocycles. The zero-order valence-corrected chi connectivity index (χ0v) is 19.8. The first-order valence-electron chi connectivity index (χ1n) is 11.8. The number of piperidine rings is 1. The van der Waals surface area contributed by atoms with E-state index in [0.717, 1.165) is 44.8 Å². The van der Waals surface area contributed by atoms with Gasteiger partial charge in [0.25, 0.3) is 5.91 Å². The number of nitrogens with one attached hydrogen (secondary N) is 1. The van der Waals surface area contributed by atoms with Crippen molar-refractivity contribution in [2.45, 2.75) is 52.1 Å². The number of hydrogen-bond acceptors (Lipinski definition) is 7. The third kappa shape index (κ3) is 7.38. The number of rotatable bonds is 4. The van der Waals surface area contributed by atoms with Gasteiger partial charge in [-0.15, -0.1) is 0 Å². The highest BCUT2D eigenvalue weighted by Crippen LogP contribution is 2.30. The highest BCUT2D eigenvalue weighted by Gasteiger charge is 2.21. The van der Waals surface area contributed by atoms with Gasteiger partial charge >= 0.3 is 5.97 Å². The van der Waals surface area contributed by atoms with E-state index in [1.165, 1.54) is 6.07 Å². The lowest BCUT2D eigenvalue weighted by Gasteiger charge is -2.26. The van der Waals surface area contributed by atoms with Crippen molar-refractivity contribution in [1.82, 2.24) is 10.4 Å². The van der Waals surface area contributed by atoms with Crippen LogP contribution in [-0.4, -0.2) is 52.8 Å². The molecule has 1 saturated heterocycles. The Morgan fingerprint density at radius 1 is 1.15 bits per heavy atom. The number of carbonyl (C=O) groups is 2. The number of benzene rings is 1. The van der Waals surface area contributed by atoms with Crippen molar-refractivity contribution in [2.24, 2.45) is 5.92 Å². The SMILES string of the molecule is CC1C=CC[C@@H](C)OC(=O)c2c(O)cc(O)cc2/C=C(NOCC(=O)N2CCCCC2)/C=C/C1. The molecular formula is C26H34N2O6. The first-order chi connectivity index (χ1) is 16.3. The summed E-state index contributed by atoms with van der Waals surface area (Å²) >= 11 is 0. The Morgan fingerprint density at radius 3 is 2.68 bits per heavy atom. The third-order valence-electron chi connectivity index (χ3n) is 5.79. The Kier molecular flexibility index (Phi) is 9.16. The van der Waals surface area contributed by atoms with E-state index in [0.29, 0.717) is 12.1 Å². The van der Waals surface area contributed by atoms with Crippen LogP contribution in [0.4, 0.5) is 0 Å². The minimum atomic E-state index is -0.695. The molecule has 3 N–H and O–H groups in total. The molecule has 0 spiro atoms. The van der Waals surface area contributed by atoms with E-state index < -0.39 is 5.97 Å². The third-order valence-corrected chi connectivity index (χ3v) is 5.79. The lowest BCUT2D eigenvalue weighted by Crippen LogP contribution is -2.39. The van der Waals surface area contributed by atoms with Crippen LogP contribution in [0, 0.1) is 5.92 Å². The normalized spacial score (nSPS) is 24.2. The molecule has 0 aliphatic carbocycles. The van der Waals surface area contributed by atoms with Crippen LogP contribution in [-0.2, 0) is 14.4 Å². The summed E-state index contributed by atoms with van der Waals surface area (Å²) in [4.78, 5) is 32.5. The van der Waals surface area contributed by atoms with Crippen LogP contribution in [0.2, 0.25) is 0 Å². The number of aromatic hydroxyl groups is 2. The second kappa shape index (κ2) is 12.3. The second-order valence-corrected chi connectivity index (χ2v) is 8.86. The molecule has 1 unspecified atom stereocenters. The molecule has 0 saturated carbocycles. The van der Waals surface area contributed by atoms with Crippen molar-refractivity contribution in [1.29, 1.82) is 0 Å². The quantitative estimate of drug-likeness (QED) is 0.346. The summed E-state index contributed by atoms with van der Waals surface area (Å²) in [5.74, 6) is -1.10. The number of cyclic esters (lactones) is 1. The van der Waals surface area contributed by atoms with Crippen molar-refractivity contribution in [3.05, 3.63) is 53.3 Å². The number of ether oxygens (including phenoxy) is 1. The molecule has 8 heteroatoms. The van der Waals surface area contributed by atoms with Gasteiger partial charge in [0, 0.05) is 25.6 Å². The Morgan fingerprint density at radius 2 is 1.91 bits per heavy atom. The number of nitrogens with zero attached hydrogens (tertiary/aromatic N) is 1. The van der Waals surface area contributed by atoms with Crippen molar-refractivity contribution in [3.63, 3.8) is 0 Å². The predicted octanol–water partition coefficient (Wildman–Crippen LogP) is 4.06. The van der Waals surface area contributed by atoms with E-state index in [4.69, 9.17) is 9.57 Å². The summed E-state index contributed by atoms with van der Waals surface area (Å²) in [6, 6.07) is 2.46. The van der Waals surface area contributed by atoms with Gasteiger partial charge in [0.05, 0.1) is 5.70 Å². The molecule has 1 aromatic rings. The lowest BCUT2D eigenvalue weighted by molar-refractivity contribution is -0.139. The number of fused-ring (bicyclic) bond motifs is 1. The first kappa shape index (κ1) is 25.4. The highest BCUT2D eigenvalue weighted by molar-refractivity contribution is 5.97. The summed E-state index contributed by atoms with van der Waals surface area (Å²) < 4.78 is 5.51. The van der Waals surface area contributed by atoms with Crippen LogP contribution < -0.4 is 5.48 Å². The van der Waals surface area contributed by atoms with Crippen LogP contribution in [0.15, 0.2) is 42.1 Å². The summed E-state index contributed by atoms with van der Waals surface area (Å²) in [6.07, 6.45) is 13.4. The van der Waals surface area contributed by atoms with E-state index in [-0.39, 0.29) is 47.2 Å². The molecule has 2 atom stereocenters. The van der Waals surface area contributed by atoms with Gasteiger partial charge in [-0.05, 0) is 62.3 Å². The van der Waals surface area contributed by atoms with E-state index in [1.54, 1.807) is 24.0 Å². The number of phenols is 2. The van der Waals surface area contributed by atoms with E-state index in [1.807, 2.05) is 12.2 Å². The van der Waals surface area contributed by atoms with Crippen molar-refractivity contribution < 1.29 is 29.4 Å². The average Bonchev–Trinajstić information content (AvgIpc) is 2.78. The maximum Gasteiger partial charge on any atom is 0.342 e. The van der Waals surface area contributed by atoms with Gasteiger partial charge in [0.2, 0.25) is 0 Å². The Balaban J connectivity index is 1.85. The molecule has 34 heavy (non-hydrogen) atoms. The van der Waals surface area contributed by atoms with E-state index in [9.17, 15) is 19.8 Å². The molecule has 3 rings (SSSR count). The molecule has 1 amide bonds. The smallest absolute Gasteiger partial charge is 0.342 e. The number of amides is 1. The molecule has 1 aromatic carbocycles. The highest BCUT2D eigenvalue weighted by atomic mass is 16.6. The molecule has 2 aliphatic rings. The Bertz CT molecular complexity index is 962. The summed E-state index contributed by atoms with van der Waals surface area (Å²) in [6.45, 7) is 5.21. The van der Waals surface area contributed by atoms with Gasteiger partial charge < -0.3 is 19.8 Å². The molecule has 184 valence electrons. The number of likely N-dealkylation sites (tertiary alicyclic amines) is 1. The maximum atomic E-state index is 12.8. The number of hydrogen-bond donors (Lipinski definition) is 3. The fourth-order valence-corrected chi connectivity index (χ4v) is 3.94. The molecule has 1 fully saturated rings. The van der Waals surface area contributed by atoms with Gasteiger partial charge in [0.15, 0.2) is 6.61 Å². The van der Waals surface area contributed by atoms with Crippen LogP contribution >= 0.6 is 0 Å². The molecule has 0 aromatic heterocycles. The van der Waals surface area contributed by atoms with Crippen LogP contribution in [0.3, 0.4) is 0 Å². The monoisotopic (exact) mass is 470 g/mol. The topological polar surface area (TPSA) is 108 Å². The van der Waals surface area contributed by atoms with Crippen molar-refractivity contribution >= 4 is 18.0 Å². The number of carbonyl (C=O) groups excluding carboxylic acids is 2. The fraction of sp³-hybridized carbons (Fsp3) is 0.462. The van der Waals surface area contributed by atoms with Crippen molar-refractivity contribution in [2.75, 3.05) is 19.7 Å². The standard InChI is InChI=1S/C26H34N2O6/c1-18-8-6-10-19(2)34-26(32)25-20(15-22(29)16-23(25)30)14-21(11-7-9-18)27-33-17-24(31)28-12-4-3-5-13-28/h6-8,11,14-16,18-19,27,29-30H,3-5,9-10,12-13,17H2,1-2H3/b8-6?,11-7+,21-14-/t18?,19-/m1/s1. The van der Waals surface area contributed by atoms with Crippen LogP contribution in [0.5, 0.6) is 11.5 Å². The fourth-order valence-electron chi connectivity index (χ4n) is 3.94. The minimum Gasteiger partial charge on any atom is -0.508 e. The van der Waals surface area contributed by atoms with Crippen LogP contribution in [0.1, 0.15) is 61.9 Å². The average molecular weight is 471 g/mol. The number of phenolic OH excluding ortho intramolecular Hbond substituents is 2. The number of hydroxylamine groups is 1.